The van der Waals surface area contributed by atoms with Gasteiger partial charge in [-0.05, 0) is 35.7 Å². The Morgan fingerprint density at radius 1 is 1.11 bits per heavy atom. The highest BCUT2D eigenvalue weighted by Crippen LogP contribution is 2.24. The van der Waals surface area contributed by atoms with E-state index in [0.29, 0.717) is 6.61 Å². The second-order valence-corrected chi connectivity index (χ2v) is 4.97. The molecule has 3 heteroatoms. The highest BCUT2D eigenvalue weighted by Gasteiger charge is 2.04. The molecule has 0 unspecified atom stereocenters. The summed E-state index contributed by atoms with van der Waals surface area (Å²) < 4.78 is 5.87. The van der Waals surface area contributed by atoms with E-state index in [1.807, 2.05) is 42.5 Å². The molecule has 100 valence electrons. The van der Waals surface area contributed by atoms with Crippen LogP contribution in [0.4, 0.5) is 5.69 Å². The summed E-state index contributed by atoms with van der Waals surface area (Å²) in [6.07, 6.45) is 2.08. The number of halogens is 1. The molecule has 0 saturated carbocycles. The Morgan fingerprint density at radius 2 is 1.84 bits per heavy atom. The molecule has 0 amide bonds. The summed E-state index contributed by atoms with van der Waals surface area (Å²) in [5.74, 6) is 0.872. The molecule has 0 heterocycles. The van der Waals surface area contributed by atoms with Crippen LogP contribution in [0.2, 0.25) is 5.02 Å². The van der Waals surface area contributed by atoms with Crippen molar-refractivity contribution < 1.29 is 4.74 Å². The van der Waals surface area contributed by atoms with Crippen LogP contribution in [-0.2, 0) is 13.0 Å². The van der Waals surface area contributed by atoms with Gasteiger partial charge < -0.3 is 10.5 Å². The zero-order chi connectivity index (χ0) is 13.7. The quantitative estimate of drug-likeness (QED) is 0.818. The average molecular weight is 276 g/mol. The van der Waals surface area contributed by atoms with Crippen molar-refractivity contribution in [1.82, 2.24) is 0 Å². The number of nitrogen functional groups attached to an aromatic ring is 1. The normalized spacial score (nSPS) is 10.4. The molecule has 2 aromatic rings. The fourth-order valence-electron chi connectivity index (χ4n) is 1.92. The van der Waals surface area contributed by atoms with Crippen LogP contribution in [0.1, 0.15) is 24.5 Å². The Morgan fingerprint density at radius 3 is 2.53 bits per heavy atom. The Kier molecular flexibility index (Phi) is 4.69. The summed E-state index contributed by atoms with van der Waals surface area (Å²) in [6.45, 7) is 2.68. The first kappa shape index (κ1) is 13.8. The number of aryl methyl sites for hydroxylation is 1. The topological polar surface area (TPSA) is 35.2 Å². The molecule has 2 rings (SSSR count). The lowest BCUT2D eigenvalue weighted by molar-refractivity contribution is 0.303. The SMILES string of the molecule is CCCc1ccc(N)cc1OCc1ccc(Cl)cc1. The molecule has 0 aliphatic heterocycles. The van der Waals surface area contributed by atoms with E-state index in [1.54, 1.807) is 0 Å². The van der Waals surface area contributed by atoms with Gasteiger partial charge >= 0.3 is 0 Å². The minimum absolute atomic E-state index is 0.525. The maximum absolute atomic E-state index is 5.87. The highest BCUT2D eigenvalue weighted by atomic mass is 35.5. The van der Waals surface area contributed by atoms with Crippen molar-refractivity contribution in [2.45, 2.75) is 26.4 Å². The van der Waals surface area contributed by atoms with Gasteiger partial charge in [0.25, 0.3) is 0 Å². The van der Waals surface area contributed by atoms with Crippen molar-refractivity contribution in [2.75, 3.05) is 5.73 Å². The maximum atomic E-state index is 5.87. The highest BCUT2D eigenvalue weighted by molar-refractivity contribution is 6.30. The first-order valence-corrected chi connectivity index (χ1v) is 6.82. The molecular formula is C16H18ClNO. The van der Waals surface area contributed by atoms with E-state index in [0.717, 1.165) is 34.9 Å². The van der Waals surface area contributed by atoms with Gasteiger partial charge in [-0.25, -0.2) is 0 Å². The summed E-state index contributed by atoms with van der Waals surface area (Å²) in [7, 11) is 0. The predicted octanol–water partition coefficient (Wildman–Crippen LogP) is 4.45. The number of rotatable bonds is 5. The van der Waals surface area contributed by atoms with E-state index in [-0.39, 0.29) is 0 Å². The van der Waals surface area contributed by atoms with Gasteiger partial charge in [0.05, 0.1) is 0 Å². The number of benzene rings is 2. The number of hydrogen-bond acceptors (Lipinski definition) is 2. The van der Waals surface area contributed by atoms with Crippen molar-refractivity contribution in [2.24, 2.45) is 0 Å². The van der Waals surface area contributed by atoms with Gasteiger partial charge in [-0.15, -0.1) is 0 Å². The third-order valence-corrected chi connectivity index (χ3v) is 3.17. The van der Waals surface area contributed by atoms with Crippen LogP contribution >= 0.6 is 11.6 Å². The first-order valence-electron chi connectivity index (χ1n) is 6.44. The maximum Gasteiger partial charge on any atom is 0.125 e. The van der Waals surface area contributed by atoms with Crippen LogP contribution in [0.3, 0.4) is 0 Å². The molecule has 0 aliphatic rings. The third kappa shape index (κ3) is 3.90. The summed E-state index contributed by atoms with van der Waals surface area (Å²) in [5.41, 5.74) is 8.83. The molecule has 0 spiro atoms. The van der Waals surface area contributed by atoms with E-state index < -0.39 is 0 Å². The Balaban J connectivity index is 2.09. The van der Waals surface area contributed by atoms with E-state index in [4.69, 9.17) is 22.1 Å². The Hall–Kier alpha value is -1.67. The van der Waals surface area contributed by atoms with Gasteiger partial charge in [-0.1, -0.05) is 43.1 Å². The number of nitrogens with two attached hydrogens (primary N) is 1. The van der Waals surface area contributed by atoms with Gasteiger partial charge in [-0.3, -0.25) is 0 Å². The van der Waals surface area contributed by atoms with E-state index >= 15 is 0 Å². The molecule has 19 heavy (non-hydrogen) atoms. The second-order valence-electron chi connectivity index (χ2n) is 4.53. The molecule has 0 atom stereocenters. The lowest BCUT2D eigenvalue weighted by Gasteiger charge is -2.12. The van der Waals surface area contributed by atoms with Gasteiger partial charge in [-0.2, -0.15) is 0 Å². The molecule has 0 aromatic heterocycles. The molecule has 0 bridgehead atoms. The Labute approximate surface area is 119 Å². The summed E-state index contributed by atoms with van der Waals surface area (Å²) in [4.78, 5) is 0. The van der Waals surface area contributed by atoms with Crippen molar-refractivity contribution in [3.05, 3.63) is 58.6 Å². The van der Waals surface area contributed by atoms with Crippen LogP contribution in [0, 0.1) is 0 Å². The zero-order valence-electron chi connectivity index (χ0n) is 11.0. The molecule has 0 saturated heterocycles. The minimum atomic E-state index is 0.525. The molecular weight excluding hydrogens is 258 g/mol. The summed E-state index contributed by atoms with van der Waals surface area (Å²) in [5, 5.41) is 0.736. The van der Waals surface area contributed by atoms with Crippen LogP contribution in [0.25, 0.3) is 0 Å². The summed E-state index contributed by atoms with van der Waals surface area (Å²) >= 11 is 5.86. The van der Waals surface area contributed by atoms with Crippen molar-refractivity contribution in [3.63, 3.8) is 0 Å². The fraction of sp³-hybridized carbons (Fsp3) is 0.250. The molecule has 2 aromatic carbocycles. The smallest absolute Gasteiger partial charge is 0.125 e. The lowest BCUT2D eigenvalue weighted by atomic mass is 10.1. The minimum Gasteiger partial charge on any atom is -0.489 e. The molecule has 0 fully saturated rings. The molecule has 2 nitrogen and oxygen atoms in total. The van der Waals surface area contributed by atoms with E-state index in [9.17, 15) is 0 Å². The van der Waals surface area contributed by atoms with E-state index in [2.05, 4.69) is 6.92 Å². The van der Waals surface area contributed by atoms with Gasteiger partial charge in [0.2, 0.25) is 0 Å². The standard InChI is InChI=1S/C16H18ClNO/c1-2-3-13-6-9-15(18)10-16(13)19-11-12-4-7-14(17)8-5-12/h4-10H,2-3,11,18H2,1H3. The third-order valence-electron chi connectivity index (χ3n) is 2.92. The number of anilines is 1. The summed E-state index contributed by atoms with van der Waals surface area (Å²) in [6, 6.07) is 13.5. The molecule has 0 radical (unpaired) electrons. The van der Waals surface area contributed by atoms with Crippen molar-refractivity contribution >= 4 is 17.3 Å². The van der Waals surface area contributed by atoms with Crippen LogP contribution in [-0.4, -0.2) is 0 Å². The average Bonchev–Trinajstić information content (AvgIpc) is 2.41. The van der Waals surface area contributed by atoms with Crippen molar-refractivity contribution in [3.8, 4) is 5.75 Å². The second kappa shape index (κ2) is 6.48. The number of hydrogen-bond donors (Lipinski definition) is 1. The monoisotopic (exact) mass is 275 g/mol. The van der Waals surface area contributed by atoms with Crippen LogP contribution in [0.15, 0.2) is 42.5 Å². The first-order chi connectivity index (χ1) is 9.19. The zero-order valence-corrected chi connectivity index (χ0v) is 11.8. The molecule has 2 N–H and O–H groups in total. The van der Waals surface area contributed by atoms with Gasteiger partial charge in [0.15, 0.2) is 0 Å². The largest absolute Gasteiger partial charge is 0.489 e. The lowest BCUT2D eigenvalue weighted by Crippen LogP contribution is -1.99. The van der Waals surface area contributed by atoms with Crippen molar-refractivity contribution in [1.29, 1.82) is 0 Å². The fourth-order valence-corrected chi connectivity index (χ4v) is 2.05. The van der Waals surface area contributed by atoms with Crippen LogP contribution < -0.4 is 10.5 Å². The van der Waals surface area contributed by atoms with E-state index in [1.165, 1.54) is 5.56 Å². The number of ether oxygens (including phenoxy) is 1. The van der Waals surface area contributed by atoms with Gasteiger partial charge in [0.1, 0.15) is 12.4 Å². The van der Waals surface area contributed by atoms with Gasteiger partial charge in [0, 0.05) is 16.8 Å². The predicted molar refractivity (Wildman–Crippen MR) is 80.6 cm³/mol. The Bertz CT molecular complexity index is 537. The molecule has 0 aliphatic carbocycles. The van der Waals surface area contributed by atoms with Crippen LogP contribution in [0.5, 0.6) is 5.75 Å².